The van der Waals surface area contributed by atoms with Gasteiger partial charge in [-0.3, -0.25) is 4.90 Å². The number of nitrogens with two attached hydrogens (primary N) is 1. The summed E-state index contributed by atoms with van der Waals surface area (Å²) in [6, 6.07) is 33.0. The highest BCUT2D eigenvalue weighted by Crippen LogP contribution is 2.43. The molecular formula is C24H26N2. The lowest BCUT2D eigenvalue weighted by molar-refractivity contribution is 0.119. The number of piperidine rings is 1. The predicted molar refractivity (Wildman–Crippen MR) is 108 cm³/mol. The predicted octanol–water partition coefficient (Wildman–Crippen LogP) is 4.40. The molecule has 1 aliphatic rings. The van der Waals surface area contributed by atoms with Crippen molar-refractivity contribution in [2.45, 2.75) is 24.4 Å². The van der Waals surface area contributed by atoms with Gasteiger partial charge in [0.05, 0.1) is 5.54 Å². The first-order valence-corrected chi connectivity index (χ1v) is 9.49. The topological polar surface area (TPSA) is 29.3 Å². The molecule has 2 heteroatoms. The zero-order valence-corrected chi connectivity index (χ0v) is 15.1. The molecule has 1 heterocycles. The fraction of sp³-hybridized carbons (Fsp3) is 0.250. The Balaban J connectivity index is 1.97. The summed E-state index contributed by atoms with van der Waals surface area (Å²) in [7, 11) is 0. The van der Waals surface area contributed by atoms with Crippen LogP contribution in [0.5, 0.6) is 0 Å². The lowest BCUT2D eigenvalue weighted by atomic mass is 9.74. The molecule has 132 valence electrons. The molecule has 0 saturated carbocycles. The van der Waals surface area contributed by atoms with Crippen molar-refractivity contribution in [1.29, 1.82) is 0 Å². The second kappa shape index (κ2) is 7.45. The summed E-state index contributed by atoms with van der Waals surface area (Å²) in [4.78, 5) is 2.62. The van der Waals surface area contributed by atoms with E-state index in [4.69, 9.17) is 5.73 Å². The number of nitrogens with zero attached hydrogens (tertiary/aromatic N) is 1. The summed E-state index contributed by atoms with van der Waals surface area (Å²) in [5, 5.41) is 0. The lowest BCUT2D eigenvalue weighted by Gasteiger charge is -2.48. The smallest absolute Gasteiger partial charge is 0.0972 e. The van der Waals surface area contributed by atoms with Crippen molar-refractivity contribution < 1.29 is 0 Å². The molecule has 26 heavy (non-hydrogen) atoms. The van der Waals surface area contributed by atoms with Crippen molar-refractivity contribution in [3.63, 3.8) is 0 Å². The first-order chi connectivity index (χ1) is 12.8. The maximum absolute atomic E-state index is 6.23. The first kappa shape index (κ1) is 17.0. The molecule has 0 bridgehead atoms. The number of hydrogen-bond donors (Lipinski definition) is 1. The van der Waals surface area contributed by atoms with Gasteiger partial charge in [0.15, 0.2) is 0 Å². The van der Waals surface area contributed by atoms with Gasteiger partial charge in [0, 0.05) is 19.1 Å². The van der Waals surface area contributed by atoms with Crippen molar-refractivity contribution in [3.05, 3.63) is 108 Å². The van der Waals surface area contributed by atoms with Crippen LogP contribution in [0.2, 0.25) is 0 Å². The highest BCUT2D eigenvalue weighted by molar-refractivity contribution is 5.49. The van der Waals surface area contributed by atoms with Crippen LogP contribution in [-0.2, 0) is 5.54 Å². The van der Waals surface area contributed by atoms with Gasteiger partial charge >= 0.3 is 0 Å². The van der Waals surface area contributed by atoms with Crippen molar-refractivity contribution in [1.82, 2.24) is 4.90 Å². The van der Waals surface area contributed by atoms with Crippen LogP contribution in [0.25, 0.3) is 0 Å². The Kier molecular flexibility index (Phi) is 4.87. The monoisotopic (exact) mass is 342 g/mol. The van der Waals surface area contributed by atoms with Crippen molar-refractivity contribution in [2.75, 3.05) is 13.1 Å². The lowest BCUT2D eigenvalue weighted by Crippen LogP contribution is -2.53. The Morgan fingerprint density at radius 3 is 1.31 bits per heavy atom. The molecule has 0 amide bonds. The number of benzene rings is 3. The molecule has 0 spiro atoms. The van der Waals surface area contributed by atoms with E-state index in [0.29, 0.717) is 6.04 Å². The highest BCUT2D eigenvalue weighted by atomic mass is 15.2. The molecule has 1 saturated heterocycles. The third kappa shape index (κ3) is 2.96. The van der Waals surface area contributed by atoms with Gasteiger partial charge in [0.2, 0.25) is 0 Å². The van der Waals surface area contributed by atoms with Crippen molar-refractivity contribution >= 4 is 0 Å². The van der Waals surface area contributed by atoms with E-state index in [-0.39, 0.29) is 5.54 Å². The molecular weight excluding hydrogens is 316 g/mol. The molecule has 3 aromatic rings. The SMILES string of the molecule is NC1CCN(C(c2ccccc2)(c2ccccc2)c2ccccc2)CC1. The average molecular weight is 342 g/mol. The summed E-state index contributed by atoms with van der Waals surface area (Å²) in [6.45, 7) is 2.00. The van der Waals surface area contributed by atoms with Crippen LogP contribution in [0.1, 0.15) is 29.5 Å². The van der Waals surface area contributed by atoms with E-state index in [9.17, 15) is 0 Å². The minimum absolute atomic E-state index is 0.288. The van der Waals surface area contributed by atoms with Crippen molar-refractivity contribution in [2.24, 2.45) is 5.73 Å². The van der Waals surface area contributed by atoms with Gasteiger partial charge in [0.1, 0.15) is 0 Å². The summed E-state index contributed by atoms with van der Waals surface area (Å²) >= 11 is 0. The molecule has 1 fully saturated rings. The summed E-state index contributed by atoms with van der Waals surface area (Å²) in [6.07, 6.45) is 2.07. The quantitative estimate of drug-likeness (QED) is 0.712. The second-order valence-corrected chi connectivity index (χ2v) is 7.13. The summed E-state index contributed by atoms with van der Waals surface area (Å²) < 4.78 is 0. The van der Waals surface area contributed by atoms with Gasteiger partial charge in [-0.2, -0.15) is 0 Å². The zero-order chi connectivity index (χ0) is 17.8. The van der Waals surface area contributed by atoms with Crippen LogP contribution in [0, 0.1) is 0 Å². The van der Waals surface area contributed by atoms with E-state index in [0.717, 1.165) is 25.9 Å². The summed E-state index contributed by atoms with van der Waals surface area (Å²) in [5.41, 5.74) is 9.88. The number of likely N-dealkylation sites (tertiary alicyclic amines) is 1. The Labute approximate surface area is 156 Å². The molecule has 0 unspecified atom stereocenters. The highest BCUT2D eigenvalue weighted by Gasteiger charge is 2.42. The third-order valence-corrected chi connectivity index (χ3v) is 5.59. The van der Waals surface area contributed by atoms with E-state index in [1.807, 2.05) is 0 Å². The largest absolute Gasteiger partial charge is 0.328 e. The molecule has 0 aromatic heterocycles. The molecule has 3 aromatic carbocycles. The Bertz CT molecular complexity index is 710. The normalized spacial score (nSPS) is 16.5. The van der Waals surface area contributed by atoms with E-state index in [2.05, 4.69) is 95.9 Å². The first-order valence-electron chi connectivity index (χ1n) is 9.49. The zero-order valence-electron chi connectivity index (χ0n) is 15.1. The maximum Gasteiger partial charge on any atom is 0.0972 e. The fourth-order valence-electron chi connectivity index (χ4n) is 4.32. The van der Waals surface area contributed by atoms with Gasteiger partial charge < -0.3 is 5.73 Å². The maximum atomic E-state index is 6.23. The van der Waals surface area contributed by atoms with E-state index in [1.54, 1.807) is 0 Å². The molecule has 0 aliphatic carbocycles. The van der Waals surface area contributed by atoms with Crippen LogP contribution in [-0.4, -0.2) is 24.0 Å². The number of hydrogen-bond acceptors (Lipinski definition) is 2. The van der Waals surface area contributed by atoms with Gasteiger partial charge in [-0.15, -0.1) is 0 Å². The van der Waals surface area contributed by atoms with Gasteiger partial charge in [-0.25, -0.2) is 0 Å². The second-order valence-electron chi connectivity index (χ2n) is 7.13. The van der Waals surface area contributed by atoms with Crippen LogP contribution >= 0.6 is 0 Å². The molecule has 2 N–H and O–H groups in total. The van der Waals surface area contributed by atoms with E-state index < -0.39 is 0 Å². The fourth-order valence-corrected chi connectivity index (χ4v) is 4.32. The molecule has 0 radical (unpaired) electrons. The Morgan fingerprint density at radius 2 is 0.962 bits per heavy atom. The standard InChI is InChI=1S/C24H26N2/c25-23-16-18-26(19-17-23)24(20-10-4-1-5-11-20,21-12-6-2-7-13-21)22-14-8-3-9-15-22/h1-15,23H,16-19,25H2. The molecule has 4 rings (SSSR count). The van der Waals surface area contributed by atoms with Gasteiger partial charge in [0.25, 0.3) is 0 Å². The minimum Gasteiger partial charge on any atom is -0.328 e. The van der Waals surface area contributed by atoms with Crippen molar-refractivity contribution in [3.8, 4) is 0 Å². The molecule has 0 atom stereocenters. The Hall–Kier alpha value is -2.42. The Morgan fingerprint density at radius 1 is 0.615 bits per heavy atom. The minimum atomic E-state index is -0.288. The van der Waals surface area contributed by atoms with Crippen LogP contribution in [0.15, 0.2) is 91.0 Å². The molecule has 2 nitrogen and oxygen atoms in total. The number of rotatable bonds is 4. The van der Waals surface area contributed by atoms with E-state index in [1.165, 1.54) is 16.7 Å². The molecule has 1 aliphatic heterocycles. The van der Waals surface area contributed by atoms with Crippen LogP contribution < -0.4 is 5.73 Å². The van der Waals surface area contributed by atoms with Crippen LogP contribution in [0.3, 0.4) is 0 Å². The average Bonchev–Trinajstić information content (AvgIpc) is 2.72. The summed E-state index contributed by atoms with van der Waals surface area (Å²) in [5.74, 6) is 0. The van der Waals surface area contributed by atoms with Gasteiger partial charge in [-0.05, 0) is 29.5 Å². The van der Waals surface area contributed by atoms with Crippen LogP contribution in [0.4, 0.5) is 0 Å². The van der Waals surface area contributed by atoms with E-state index >= 15 is 0 Å². The third-order valence-electron chi connectivity index (χ3n) is 5.59. The van der Waals surface area contributed by atoms with Gasteiger partial charge in [-0.1, -0.05) is 91.0 Å².